The number of aromatic nitrogens is 4. The Kier molecular flexibility index (Phi) is 4.97. The van der Waals surface area contributed by atoms with Crippen molar-refractivity contribution in [3.63, 3.8) is 0 Å². The van der Waals surface area contributed by atoms with Crippen molar-refractivity contribution in [1.82, 2.24) is 19.9 Å². The Morgan fingerprint density at radius 3 is 2.63 bits per heavy atom. The van der Waals surface area contributed by atoms with E-state index in [0.717, 1.165) is 2.39 Å². The van der Waals surface area contributed by atoms with Crippen LogP contribution < -0.4 is 11.3 Å². The van der Waals surface area contributed by atoms with Gasteiger partial charge in [0.05, 0.1) is 6.33 Å². The molecule has 0 aliphatic carbocycles. The van der Waals surface area contributed by atoms with Crippen molar-refractivity contribution in [2.75, 3.05) is 5.73 Å². The predicted octanol–water partition coefficient (Wildman–Crippen LogP) is 0.964. The minimum absolute atomic E-state index is 0.0783. The number of imidazole rings is 1. The molecule has 19 heavy (non-hydrogen) atoms. The molecule has 0 saturated carbocycles. The second-order valence-corrected chi connectivity index (χ2v) is 4.41. The van der Waals surface area contributed by atoms with Crippen molar-refractivity contribution in [2.24, 2.45) is 0 Å². The van der Waals surface area contributed by atoms with E-state index in [1.165, 1.54) is 11.9 Å². The Hall–Kier alpha value is -1.34. The van der Waals surface area contributed by atoms with E-state index in [0.29, 0.717) is 11.2 Å². The molecule has 4 N–H and O–H groups in total. The summed E-state index contributed by atoms with van der Waals surface area (Å²) in [5, 5.41) is 0. The molecule has 3 aromatic rings. The van der Waals surface area contributed by atoms with Gasteiger partial charge in [0.25, 0.3) is 5.56 Å². The molecule has 0 aliphatic heterocycles. The number of nitrogens with two attached hydrogens (primary N) is 1. The summed E-state index contributed by atoms with van der Waals surface area (Å²) in [4.78, 5) is 23.5. The van der Waals surface area contributed by atoms with Gasteiger partial charge >= 0.3 is 74.9 Å². The molecule has 0 radical (unpaired) electrons. The zero-order valence-electron chi connectivity index (χ0n) is 9.88. The molecule has 0 bridgehead atoms. The van der Waals surface area contributed by atoms with Gasteiger partial charge in [0.15, 0.2) is 11.2 Å². The number of fused-ring (bicyclic) bond motifs is 1. The third kappa shape index (κ3) is 3.81. The summed E-state index contributed by atoms with van der Waals surface area (Å²) in [6.07, 6.45) is 1.40. The number of nitrogen functional groups attached to an aromatic ring is 1. The summed E-state index contributed by atoms with van der Waals surface area (Å²) in [6.45, 7) is 0. The van der Waals surface area contributed by atoms with Crippen molar-refractivity contribution in [2.45, 2.75) is 2.39 Å². The molecule has 0 aliphatic rings. The summed E-state index contributed by atoms with van der Waals surface area (Å²) < 4.78 is 1.14. The van der Waals surface area contributed by atoms with E-state index < -0.39 is 0 Å². The van der Waals surface area contributed by atoms with Crippen LogP contribution in [0.3, 0.4) is 0 Å². The van der Waals surface area contributed by atoms with Gasteiger partial charge < -0.3 is 10.7 Å². The zero-order valence-corrected chi connectivity index (χ0v) is 12.0. The van der Waals surface area contributed by atoms with Crippen molar-refractivity contribution >= 4 is 17.1 Å². The number of benzene rings is 1. The average molecular weight is 401 g/mol. The van der Waals surface area contributed by atoms with E-state index in [9.17, 15) is 4.79 Å². The maximum absolute atomic E-state index is 11.0. The van der Waals surface area contributed by atoms with Gasteiger partial charge in [0.1, 0.15) is 0 Å². The van der Waals surface area contributed by atoms with Crippen LogP contribution in [0.2, 0.25) is 0 Å². The van der Waals surface area contributed by atoms with Crippen LogP contribution >= 0.6 is 0 Å². The van der Waals surface area contributed by atoms with Gasteiger partial charge in [0.2, 0.25) is 5.95 Å². The molecule has 0 spiro atoms. The Morgan fingerprint density at radius 2 is 2.00 bits per heavy atom. The molecule has 0 unspecified atom stereocenters. The topological polar surface area (TPSA) is 100 Å². The standard InChI is InChI=1S/C7H7.C5H5N5O.Tb/c1-7-5-3-2-4-6-7;6-5-9-3-2(4(11)10-5)7-1-8-3;/h2-6H,1H2;1H,(H4,6,7,8,9,10,11);. The second kappa shape index (κ2) is 6.72. The molecule has 2 aromatic heterocycles. The molecule has 0 saturated heterocycles. The molecule has 7 heteroatoms. The number of hydrogen-bond acceptors (Lipinski definition) is 4. The van der Waals surface area contributed by atoms with Gasteiger partial charge in [-0.25, -0.2) is 4.98 Å². The van der Waals surface area contributed by atoms with Crippen molar-refractivity contribution < 1.29 is 36.6 Å². The Balaban J connectivity index is 0.000000148. The van der Waals surface area contributed by atoms with Crippen LogP contribution in [0.25, 0.3) is 11.2 Å². The van der Waals surface area contributed by atoms with Crippen LogP contribution in [-0.2, 0) is 2.39 Å². The van der Waals surface area contributed by atoms with E-state index >= 15 is 0 Å². The van der Waals surface area contributed by atoms with Gasteiger partial charge in [-0.1, -0.05) is 0 Å². The van der Waals surface area contributed by atoms with Crippen LogP contribution in [0.15, 0.2) is 41.5 Å². The van der Waals surface area contributed by atoms with E-state index in [1.807, 2.05) is 6.07 Å². The fourth-order valence-electron chi connectivity index (χ4n) is 1.42. The molecule has 100 valence electrons. The SMILES string of the molecule is Nc1nc2nc[nH]c2c(=O)[nH]1.[Tb][CH2]c1ccccc1. The van der Waals surface area contributed by atoms with E-state index in [-0.39, 0.29) is 11.5 Å². The molecule has 0 atom stereocenters. The van der Waals surface area contributed by atoms with Gasteiger partial charge in [-0.2, -0.15) is 4.98 Å². The number of H-pyrrole nitrogens is 2. The Labute approximate surface area is 133 Å². The van der Waals surface area contributed by atoms with E-state index in [1.54, 1.807) is 0 Å². The average Bonchev–Trinajstić information content (AvgIpc) is 2.89. The fourth-order valence-corrected chi connectivity index (χ4v) is 1.92. The van der Waals surface area contributed by atoms with Gasteiger partial charge in [-0.15, -0.1) is 0 Å². The van der Waals surface area contributed by atoms with E-state index in [4.69, 9.17) is 5.73 Å². The molecule has 0 fully saturated rings. The molecule has 0 amide bonds. The Bertz CT molecular complexity index is 707. The van der Waals surface area contributed by atoms with Crippen LogP contribution in [0.1, 0.15) is 5.56 Å². The number of nitrogens with one attached hydrogen (secondary N) is 2. The van der Waals surface area contributed by atoms with Crippen molar-refractivity contribution in [3.05, 3.63) is 52.6 Å². The zero-order chi connectivity index (χ0) is 13.7. The van der Waals surface area contributed by atoms with Crippen molar-refractivity contribution in [1.29, 1.82) is 0 Å². The quantitative estimate of drug-likeness (QED) is 0.566. The predicted molar refractivity (Wildman–Crippen MR) is 69.1 cm³/mol. The summed E-state index contributed by atoms with van der Waals surface area (Å²) in [5.74, 6) is 0.0783. The summed E-state index contributed by atoms with van der Waals surface area (Å²) in [6, 6.07) is 10.5. The van der Waals surface area contributed by atoms with Crippen LogP contribution in [0.5, 0.6) is 0 Å². The van der Waals surface area contributed by atoms with Crippen LogP contribution in [-0.4, -0.2) is 19.9 Å². The summed E-state index contributed by atoms with van der Waals surface area (Å²) >= 11 is 2.16. The molecule has 3 rings (SSSR count). The molecule has 2 heterocycles. The monoisotopic (exact) mass is 401 g/mol. The molecule has 6 nitrogen and oxygen atoms in total. The number of rotatable bonds is 1. The maximum atomic E-state index is 11.0. The first-order chi connectivity index (χ1) is 9.20. The molecular formula is C12H12N5OTb. The second-order valence-electron chi connectivity index (χ2n) is 3.66. The van der Waals surface area contributed by atoms with Crippen LogP contribution in [0, 0.1) is 36.6 Å². The Morgan fingerprint density at radius 1 is 1.26 bits per heavy atom. The number of aromatic amines is 2. The first kappa shape index (κ1) is 14.1. The van der Waals surface area contributed by atoms with Gasteiger partial charge in [-0.3, -0.25) is 9.78 Å². The summed E-state index contributed by atoms with van der Waals surface area (Å²) in [5.41, 5.74) is 7.06. The number of nitrogens with zero attached hydrogens (tertiary/aromatic N) is 2. The van der Waals surface area contributed by atoms with Gasteiger partial charge in [0, 0.05) is 0 Å². The number of anilines is 1. The van der Waals surface area contributed by atoms with Crippen LogP contribution in [0.4, 0.5) is 5.95 Å². The first-order valence-corrected chi connectivity index (χ1v) is 6.97. The minimum atomic E-state index is -0.301. The fraction of sp³-hybridized carbons (Fsp3) is 0.0833. The molecular weight excluding hydrogens is 389 g/mol. The van der Waals surface area contributed by atoms with Crippen molar-refractivity contribution in [3.8, 4) is 0 Å². The van der Waals surface area contributed by atoms with E-state index in [2.05, 4.69) is 80.8 Å². The molecule has 1 aromatic carbocycles. The third-order valence-corrected chi connectivity index (χ3v) is 3.17. The third-order valence-electron chi connectivity index (χ3n) is 2.29. The first-order valence-electron chi connectivity index (χ1n) is 5.46. The van der Waals surface area contributed by atoms with Gasteiger partial charge in [-0.05, 0) is 0 Å². The normalized spacial score (nSPS) is 10.0. The summed E-state index contributed by atoms with van der Waals surface area (Å²) in [7, 11) is 0. The number of hydrogen-bond donors (Lipinski definition) is 3.